The number of hydrogen-bond donors (Lipinski definition) is 1. The zero-order valence-corrected chi connectivity index (χ0v) is 12.2. The standard InChI is InChI=1S/C14H22N4O3/c15-11-3-1-2-6-18(14(11)19)7-13-16-12(17-21-13)9-20-8-10-4-5-10/h10-11H,1-9,15H2. The third-order valence-corrected chi connectivity index (χ3v) is 3.94. The fraction of sp³-hybridized carbons (Fsp3) is 0.786. The maximum absolute atomic E-state index is 12.1. The highest BCUT2D eigenvalue weighted by Crippen LogP contribution is 2.28. The summed E-state index contributed by atoms with van der Waals surface area (Å²) in [6.07, 6.45) is 5.21. The number of nitrogens with zero attached hydrogens (tertiary/aromatic N) is 3. The molecular formula is C14H22N4O3. The molecule has 2 N–H and O–H groups in total. The highest BCUT2D eigenvalue weighted by molar-refractivity contribution is 5.81. The zero-order chi connectivity index (χ0) is 14.7. The molecule has 21 heavy (non-hydrogen) atoms. The van der Waals surface area contributed by atoms with Gasteiger partial charge in [-0.05, 0) is 38.0 Å². The highest BCUT2D eigenvalue weighted by atomic mass is 16.5. The Bertz CT molecular complexity index is 486. The number of aromatic nitrogens is 2. The number of hydrogen-bond acceptors (Lipinski definition) is 6. The first kappa shape index (κ1) is 14.5. The van der Waals surface area contributed by atoms with Crippen molar-refractivity contribution in [2.45, 2.75) is 51.3 Å². The normalized spacial score (nSPS) is 23.4. The first-order chi connectivity index (χ1) is 10.2. The van der Waals surface area contributed by atoms with Gasteiger partial charge in [0.1, 0.15) is 13.2 Å². The van der Waals surface area contributed by atoms with Crippen LogP contribution < -0.4 is 5.73 Å². The van der Waals surface area contributed by atoms with Gasteiger partial charge in [-0.2, -0.15) is 4.98 Å². The molecule has 1 saturated carbocycles. The average Bonchev–Trinajstić information content (AvgIpc) is 3.21. The summed E-state index contributed by atoms with van der Waals surface area (Å²) in [7, 11) is 0. The van der Waals surface area contributed by atoms with Gasteiger partial charge in [0.25, 0.3) is 0 Å². The first-order valence-corrected chi connectivity index (χ1v) is 7.66. The van der Waals surface area contributed by atoms with Gasteiger partial charge in [-0.1, -0.05) is 5.16 Å². The SMILES string of the molecule is NC1CCCCN(Cc2nc(COCC3CC3)no2)C1=O. The van der Waals surface area contributed by atoms with Crippen molar-refractivity contribution in [2.75, 3.05) is 13.2 Å². The van der Waals surface area contributed by atoms with Gasteiger partial charge in [-0.3, -0.25) is 4.79 Å². The average molecular weight is 294 g/mol. The van der Waals surface area contributed by atoms with Gasteiger partial charge in [0.05, 0.1) is 6.04 Å². The Kier molecular flexibility index (Phi) is 4.50. The van der Waals surface area contributed by atoms with Crippen molar-refractivity contribution in [3.05, 3.63) is 11.7 Å². The van der Waals surface area contributed by atoms with Gasteiger partial charge in [0, 0.05) is 13.2 Å². The van der Waals surface area contributed by atoms with E-state index in [-0.39, 0.29) is 5.91 Å². The zero-order valence-electron chi connectivity index (χ0n) is 12.2. The number of likely N-dealkylation sites (tertiary alicyclic amines) is 1. The predicted octanol–water partition coefficient (Wildman–Crippen LogP) is 0.836. The van der Waals surface area contributed by atoms with Crippen LogP contribution in [-0.2, 0) is 22.7 Å². The second-order valence-electron chi connectivity index (χ2n) is 5.92. The second-order valence-corrected chi connectivity index (χ2v) is 5.92. The van der Waals surface area contributed by atoms with E-state index in [1.54, 1.807) is 4.90 Å². The smallest absolute Gasteiger partial charge is 0.246 e. The Morgan fingerprint density at radius 2 is 2.19 bits per heavy atom. The Hall–Kier alpha value is -1.47. The van der Waals surface area contributed by atoms with Crippen LogP contribution in [0.4, 0.5) is 0 Å². The minimum Gasteiger partial charge on any atom is -0.373 e. The Balaban J connectivity index is 1.51. The molecule has 2 fully saturated rings. The van der Waals surface area contributed by atoms with Gasteiger partial charge < -0.3 is 19.9 Å². The number of amides is 1. The van der Waals surface area contributed by atoms with Crippen LogP contribution in [0.2, 0.25) is 0 Å². The molecule has 2 heterocycles. The van der Waals surface area contributed by atoms with E-state index in [1.165, 1.54) is 12.8 Å². The summed E-state index contributed by atoms with van der Waals surface area (Å²) in [6.45, 7) is 2.17. The molecule has 0 bridgehead atoms. The lowest BCUT2D eigenvalue weighted by atomic mass is 10.1. The van der Waals surface area contributed by atoms with E-state index in [2.05, 4.69) is 10.1 Å². The van der Waals surface area contributed by atoms with Crippen LogP contribution in [-0.4, -0.2) is 40.1 Å². The van der Waals surface area contributed by atoms with Crippen LogP contribution in [0.5, 0.6) is 0 Å². The Labute approximate surface area is 123 Å². The van der Waals surface area contributed by atoms with E-state index in [0.717, 1.165) is 25.9 Å². The minimum atomic E-state index is -0.406. The van der Waals surface area contributed by atoms with Crippen LogP contribution in [0.3, 0.4) is 0 Å². The quantitative estimate of drug-likeness (QED) is 0.835. The molecule has 3 rings (SSSR count). The predicted molar refractivity (Wildman–Crippen MR) is 73.9 cm³/mol. The molecule has 1 aliphatic carbocycles. The van der Waals surface area contributed by atoms with Gasteiger partial charge >= 0.3 is 0 Å². The van der Waals surface area contributed by atoms with E-state index >= 15 is 0 Å². The molecule has 1 aliphatic heterocycles. The largest absolute Gasteiger partial charge is 0.373 e. The van der Waals surface area contributed by atoms with Crippen LogP contribution in [0.25, 0.3) is 0 Å². The molecule has 1 aromatic heterocycles. The van der Waals surface area contributed by atoms with Crippen LogP contribution in [0, 0.1) is 5.92 Å². The molecule has 0 spiro atoms. The molecule has 7 heteroatoms. The number of rotatable bonds is 6. The third-order valence-electron chi connectivity index (χ3n) is 3.94. The van der Waals surface area contributed by atoms with E-state index in [0.29, 0.717) is 37.3 Å². The summed E-state index contributed by atoms with van der Waals surface area (Å²) in [5.74, 6) is 1.67. The molecule has 2 aliphatic rings. The van der Waals surface area contributed by atoms with Crippen molar-refractivity contribution in [1.82, 2.24) is 15.0 Å². The lowest BCUT2D eigenvalue weighted by Gasteiger charge is -2.20. The fourth-order valence-corrected chi connectivity index (χ4v) is 2.47. The van der Waals surface area contributed by atoms with Crippen molar-refractivity contribution >= 4 is 5.91 Å². The fourth-order valence-electron chi connectivity index (χ4n) is 2.47. The summed E-state index contributed by atoms with van der Waals surface area (Å²) in [4.78, 5) is 18.1. The van der Waals surface area contributed by atoms with Gasteiger partial charge in [-0.25, -0.2) is 0 Å². The molecule has 1 amide bonds. The summed E-state index contributed by atoms with van der Waals surface area (Å²) in [5, 5.41) is 3.89. The summed E-state index contributed by atoms with van der Waals surface area (Å²) in [5.41, 5.74) is 5.85. The van der Waals surface area contributed by atoms with Gasteiger partial charge in [0.2, 0.25) is 11.8 Å². The molecule has 7 nitrogen and oxygen atoms in total. The molecule has 1 atom stereocenters. The van der Waals surface area contributed by atoms with Crippen LogP contribution >= 0.6 is 0 Å². The third kappa shape index (κ3) is 4.01. The summed E-state index contributed by atoms with van der Waals surface area (Å²) >= 11 is 0. The first-order valence-electron chi connectivity index (χ1n) is 7.66. The molecule has 0 aromatic carbocycles. The highest BCUT2D eigenvalue weighted by Gasteiger charge is 2.25. The second kappa shape index (κ2) is 6.53. The van der Waals surface area contributed by atoms with Crippen molar-refractivity contribution < 1.29 is 14.1 Å². The molecule has 1 aromatic rings. The topological polar surface area (TPSA) is 94.5 Å². The van der Waals surface area contributed by atoms with E-state index in [4.69, 9.17) is 15.0 Å². The Morgan fingerprint density at radius 1 is 1.33 bits per heavy atom. The monoisotopic (exact) mass is 294 g/mol. The molecule has 1 saturated heterocycles. The van der Waals surface area contributed by atoms with Crippen molar-refractivity contribution in [2.24, 2.45) is 11.7 Å². The molecule has 116 valence electrons. The lowest BCUT2D eigenvalue weighted by Crippen LogP contribution is -2.41. The molecule has 0 radical (unpaired) electrons. The number of carbonyl (C=O) groups is 1. The van der Waals surface area contributed by atoms with E-state index in [9.17, 15) is 4.79 Å². The van der Waals surface area contributed by atoms with E-state index in [1.807, 2.05) is 0 Å². The lowest BCUT2D eigenvalue weighted by molar-refractivity contribution is -0.133. The van der Waals surface area contributed by atoms with E-state index < -0.39 is 6.04 Å². The number of carbonyl (C=O) groups excluding carboxylic acids is 1. The van der Waals surface area contributed by atoms with Crippen molar-refractivity contribution in [1.29, 1.82) is 0 Å². The van der Waals surface area contributed by atoms with Crippen LogP contribution in [0.15, 0.2) is 4.52 Å². The molecular weight excluding hydrogens is 272 g/mol. The summed E-state index contributed by atoms with van der Waals surface area (Å²) in [6, 6.07) is -0.406. The van der Waals surface area contributed by atoms with Crippen LogP contribution in [0.1, 0.15) is 43.8 Å². The van der Waals surface area contributed by atoms with Gasteiger partial charge in [-0.15, -0.1) is 0 Å². The summed E-state index contributed by atoms with van der Waals surface area (Å²) < 4.78 is 10.7. The van der Waals surface area contributed by atoms with Crippen molar-refractivity contribution in [3.8, 4) is 0 Å². The maximum atomic E-state index is 12.1. The maximum Gasteiger partial charge on any atom is 0.246 e. The Morgan fingerprint density at radius 3 is 3.00 bits per heavy atom. The number of nitrogens with two attached hydrogens (primary N) is 1. The number of ether oxygens (including phenoxy) is 1. The van der Waals surface area contributed by atoms with Gasteiger partial charge in [0.15, 0.2) is 5.82 Å². The van der Waals surface area contributed by atoms with Crippen molar-refractivity contribution in [3.63, 3.8) is 0 Å². The molecule has 1 unspecified atom stereocenters. The minimum absolute atomic E-state index is 0.0303.